The summed E-state index contributed by atoms with van der Waals surface area (Å²) in [4.78, 5) is 29.1. The van der Waals surface area contributed by atoms with E-state index in [1.54, 1.807) is 48.5 Å². The Bertz CT molecular complexity index is 1100. The van der Waals surface area contributed by atoms with Crippen molar-refractivity contribution in [2.45, 2.75) is 0 Å². The smallest absolute Gasteiger partial charge is 0.347 e. The molecule has 1 N–H and O–H groups in total. The minimum Gasteiger partial charge on any atom is -0.403 e. The third-order valence-corrected chi connectivity index (χ3v) is 4.54. The molecule has 4 rings (SSSR count). The number of carbonyl (C=O) groups excluding carboxylic acids is 1. The second-order valence-electron chi connectivity index (χ2n) is 5.33. The van der Waals surface area contributed by atoms with Crippen molar-refractivity contribution in [3.8, 4) is 11.5 Å². The summed E-state index contributed by atoms with van der Waals surface area (Å²) >= 11 is 1.38. The number of hydrogen-bond donors (Lipinski definition) is 1. The van der Waals surface area contributed by atoms with Crippen LogP contribution in [0.5, 0.6) is 0 Å². The lowest BCUT2D eigenvalue weighted by Gasteiger charge is -2.05. The second-order valence-corrected chi connectivity index (χ2v) is 6.28. The summed E-state index contributed by atoms with van der Waals surface area (Å²) in [5.41, 5.74) is 1.49. The van der Waals surface area contributed by atoms with Crippen LogP contribution in [0, 0.1) is 0 Å². The SMILES string of the molecule is O=C(Nc1ccc(-c2nc3ccccc3c(=O)o2)cc1)c1cccs1. The molecule has 0 atom stereocenters. The van der Waals surface area contributed by atoms with Crippen LogP contribution >= 0.6 is 11.3 Å². The van der Waals surface area contributed by atoms with E-state index < -0.39 is 5.63 Å². The Labute approximate surface area is 146 Å². The Morgan fingerprint density at radius 1 is 1.00 bits per heavy atom. The summed E-state index contributed by atoms with van der Waals surface area (Å²) in [5.74, 6) is 0.0953. The number of hydrogen-bond acceptors (Lipinski definition) is 5. The number of nitrogens with zero attached hydrogens (tertiary/aromatic N) is 1. The minimum absolute atomic E-state index is 0.155. The van der Waals surface area contributed by atoms with Gasteiger partial charge in [-0.05, 0) is 47.8 Å². The lowest BCUT2D eigenvalue weighted by molar-refractivity contribution is 0.103. The Morgan fingerprint density at radius 3 is 2.56 bits per heavy atom. The highest BCUT2D eigenvalue weighted by Crippen LogP contribution is 2.21. The molecule has 0 radical (unpaired) electrons. The summed E-state index contributed by atoms with van der Waals surface area (Å²) in [6.07, 6.45) is 0. The Kier molecular flexibility index (Phi) is 3.87. The van der Waals surface area contributed by atoms with Crippen molar-refractivity contribution in [1.29, 1.82) is 0 Å². The van der Waals surface area contributed by atoms with Crippen LogP contribution in [-0.4, -0.2) is 10.9 Å². The first-order valence-electron chi connectivity index (χ1n) is 7.56. The molecular weight excluding hydrogens is 336 g/mol. The summed E-state index contributed by atoms with van der Waals surface area (Å²) in [7, 11) is 0. The molecule has 0 saturated carbocycles. The van der Waals surface area contributed by atoms with E-state index in [2.05, 4.69) is 10.3 Å². The van der Waals surface area contributed by atoms with Crippen molar-refractivity contribution < 1.29 is 9.21 Å². The molecule has 2 heterocycles. The molecule has 2 aromatic heterocycles. The number of fused-ring (bicyclic) bond motifs is 1. The van der Waals surface area contributed by atoms with Gasteiger partial charge in [-0.15, -0.1) is 11.3 Å². The lowest BCUT2D eigenvalue weighted by Crippen LogP contribution is -2.09. The first-order valence-corrected chi connectivity index (χ1v) is 8.44. The third-order valence-electron chi connectivity index (χ3n) is 3.67. The molecule has 0 saturated heterocycles. The predicted octanol–water partition coefficient (Wildman–Crippen LogP) is 4.17. The maximum Gasteiger partial charge on any atom is 0.347 e. The number of benzene rings is 2. The van der Waals surface area contributed by atoms with Gasteiger partial charge in [-0.25, -0.2) is 9.78 Å². The molecule has 0 aliphatic rings. The van der Waals surface area contributed by atoms with Gasteiger partial charge in [0.15, 0.2) is 0 Å². The van der Waals surface area contributed by atoms with Gasteiger partial charge < -0.3 is 9.73 Å². The van der Waals surface area contributed by atoms with E-state index in [-0.39, 0.29) is 11.8 Å². The van der Waals surface area contributed by atoms with E-state index in [1.807, 2.05) is 17.5 Å². The highest BCUT2D eigenvalue weighted by molar-refractivity contribution is 7.12. The average molecular weight is 348 g/mol. The van der Waals surface area contributed by atoms with Crippen LogP contribution in [-0.2, 0) is 0 Å². The maximum absolute atomic E-state index is 12.1. The Hall–Kier alpha value is -3.25. The zero-order chi connectivity index (χ0) is 17.2. The number of amides is 1. The van der Waals surface area contributed by atoms with Gasteiger partial charge in [0.2, 0.25) is 5.89 Å². The fraction of sp³-hybridized carbons (Fsp3) is 0. The molecule has 0 bridgehead atoms. The zero-order valence-electron chi connectivity index (χ0n) is 12.9. The fourth-order valence-electron chi connectivity index (χ4n) is 2.44. The van der Waals surface area contributed by atoms with Gasteiger partial charge in [-0.1, -0.05) is 18.2 Å². The molecule has 0 aliphatic carbocycles. The monoisotopic (exact) mass is 348 g/mol. The van der Waals surface area contributed by atoms with Gasteiger partial charge in [0.1, 0.15) is 0 Å². The molecule has 0 unspecified atom stereocenters. The van der Waals surface area contributed by atoms with Crippen LogP contribution < -0.4 is 10.9 Å². The largest absolute Gasteiger partial charge is 0.403 e. The van der Waals surface area contributed by atoms with Crippen molar-refractivity contribution in [3.05, 3.63) is 81.3 Å². The van der Waals surface area contributed by atoms with Crippen LogP contribution in [0.25, 0.3) is 22.4 Å². The van der Waals surface area contributed by atoms with Gasteiger partial charge in [-0.2, -0.15) is 0 Å². The first-order chi connectivity index (χ1) is 12.2. The van der Waals surface area contributed by atoms with E-state index in [1.165, 1.54) is 11.3 Å². The minimum atomic E-state index is -0.421. The highest BCUT2D eigenvalue weighted by atomic mass is 32.1. The number of rotatable bonds is 3. The number of anilines is 1. The normalized spacial score (nSPS) is 10.7. The molecule has 122 valence electrons. The molecule has 1 amide bonds. The Balaban J connectivity index is 1.62. The quantitative estimate of drug-likeness (QED) is 0.603. The molecule has 0 spiro atoms. The van der Waals surface area contributed by atoms with E-state index in [0.29, 0.717) is 27.0 Å². The Morgan fingerprint density at radius 2 is 1.80 bits per heavy atom. The first kappa shape index (κ1) is 15.3. The summed E-state index contributed by atoms with van der Waals surface area (Å²) in [5, 5.41) is 5.13. The van der Waals surface area contributed by atoms with E-state index in [9.17, 15) is 9.59 Å². The average Bonchev–Trinajstić information content (AvgIpc) is 3.17. The number of thiophene rings is 1. The topological polar surface area (TPSA) is 72.2 Å². The number of carbonyl (C=O) groups is 1. The van der Waals surface area contributed by atoms with Crippen molar-refractivity contribution in [3.63, 3.8) is 0 Å². The molecule has 5 nitrogen and oxygen atoms in total. The lowest BCUT2D eigenvalue weighted by atomic mass is 10.2. The molecule has 4 aromatic rings. The molecular formula is C19H12N2O3S. The van der Waals surface area contributed by atoms with Crippen molar-refractivity contribution in [1.82, 2.24) is 4.98 Å². The van der Waals surface area contributed by atoms with Gasteiger partial charge in [0, 0.05) is 11.3 Å². The number of para-hydroxylation sites is 1. The van der Waals surface area contributed by atoms with Gasteiger partial charge in [0.05, 0.1) is 15.8 Å². The fourth-order valence-corrected chi connectivity index (χ4v) is 3.06. The van der Waals surface area contributed by atoms with Gasteiger partial charge in [-0.3, -0.25) is 4.79 Å². The maximum atomic E-state index is 12.1. The van der Waals surface area contributed by atoms with Crippen molar-refractivity contribution in [2.75, 3.05) is 5.32 Å². The standard InChI is InChI=1S/C19H12N2O3S/c22-17(16-6-3-11-25-16)20-13-9-7-12(8-10-13)18-21-15-5-2-1-4-14(15)19(23)24-18/h1-11H,(H,20,22). The highest BCUT2D eigenvalue weighted by Gasteiger charge is 2.10. The van der Waals surface area contributed by atoms with Crippen LogP contribution in [0.3, 0.4) is 0 Å². The van der Waals surface area contributed by atoms with Crippen molar-refractivity contribution in [2.24, 2.45) is 0 Å². The van der Waals surface area contributed by atoms with E-state index in [4.69, 9.17) is 4.42 Å². The van der Waals surface area contributed by atoms with Gasteiger partial charge in [0.25, 0.3) is 5.91 Å². The second kappa shape index (κ2) is 6.33. The van der Waals surface area contributed by atoms with E-state index >= 15 is 0 Å². The summed E-state index contributed by atoms with van der Waals surface area (Å²) in [6.45, 7) is 0. The van der Waals surface area contributed by atoms with Gasteiger partial charge >= 0.3 is 5.63 Å². The molecule has 0 fully saturated rings. The van der Waals surface area contributed by atoms with Crippen LogP contribution in [0.1, 0.15) is 9.67 Å². The third kappa shape index (κ3) is 3.07. The van der Waals surface area contributed by atoms with E-state index in [0.717, 1.165) is 0 Å². The predicted molar refractivity (Wildman–Crippen MR) is 98.0 cm³/mol. The molecule has 25 heavy (non-hydrogen) atoms. The number of aromatic nitrogens is 1. The zero-order valence-corrected chi connectivity index (χ0v) is 13.7. The molecule has 2 aromatic carbocycles. The summed E-state index contributed by atoms with van der Waals surface area (Å²) < 4.78 is 5.30. The van der Waals surface area contributed by atoms with Crippen LogP contribution in [0.15, 0.2) is 75.3 Å². The van der Waals surface area contributed by atoms with Crippen LogP contribution in [0.2, 0.25) is 0 Å². The van der Waals surface area contributed by atoms with Crippen molar-refractivity contribution >= 4 is 33.8 Å². The van der Waals surface area contributed by atoms with Crippen LogP contribution in [0.4, 0.5) is 5.69 Å². The summed E-state index contributed by atoms with van der Waals surface area (Å²) in [6, 6.07) is 17.6. The number of nitrogens with one attached hydrogen (secondary N) is 1. The molecule has 0 aliphatic heterocycles. The molecule has 6 heteroatoms.